The van der Waals surface area contributed by atoms with Crippen LogP contribution in [0.2, 0.25) is 0 Å². The van der Waals surface area contributed by atoms with Gasteiger partial charge in [0.15, 0.2) is 6.04 Å². The SMILES string of the molecule is Cc1ccc(N2C(=O)C[C@H]([NH+]3CCOCC3)C2=O)cc1C. The maximum Gasteiger partial charge on any atom is 0.292 e. The second kappa shape index (κ2) is 5.58. The van der Waals surface area contributed by atoms with Gasteiger partial charge in [0.05, 0.1) is 25.3 Å². The molecule has 1 aromatic carbocycles. The number of hydrogen-bond donors (Lipinski definition) is 1. The fourth-order valence-corrected chi connectivity index (χ4v) is 3.07. The Morgan fingerprint density at radius 1 is 1.14 bits per heavy atom. The number of nitrogens with zero attached hydrogens (tertiary/aromatic N) is 1. The van der Waals surface area contributed by atoms with Crippen LogP contribution in [0.25, 0.3) is 0 Å². The van der Waals surface area contributed by atoms with E-state index in [1.54, 1.807) is 0 Å². The molecule has 2 aliphatic heterocycles. The lowest BCUT2D eigenvalue weighted by molar-refractivity contribution is -0.922. The lowest BCUT2D eigenvalue weighted by Gasteiger charge is -2.27. The van der Waals surface area contributed by atoms with Gasteiger partial charge in [0.1, 0.15) is 13.1 Å². The minimum atomic E-state index is -0.247. The van der Waals surface area contributed by atoms with E-state index < -0.39 is 0 Å². The molecule has 112 valence electrons. The Hall–Kier alpha value is -1.72. The number of benzene rings is 1. The standard InChI is InChI=1S/C16H20N2O3/c1-11-3-4-13(9-12(11)2)18-15(19)10-14(16(18)20)17-5-7-21-8-6-17/h3-4,9,14H,5-8,10H2,1-2H3/p+1/t14-/m0/s1. The summed E-state index contributed by atoms with van der Waals surface area (Å²) in [5.41, 5.74) is 2.95. The van der Waals surface area contributed by atoms with E-state index in [9.17, 15) is 9.59 Å². The number of carbonyl (C=O) groups is 2. The fraction of sp³-hybridized carbons (Fsp3) is 0.500. The van der Waals surface area contributed by atoms with Crippen LogP contribution < -0.4 is 9.80 Å². The van der Waals surface area contributed by atoms with Crippen LogP contribution >= 0.6 is 0 Å². The highest BCUT2D eigenvalue weighted by atomic mass is 16.5. The zero-order chi connectivity index (χ0) is 15.0. The maximum absolute atomic E-state index is 12.7. The van der Waals surface area contributed by atoms with Crippen molar-refractivity contribution in [3.8, 4) is 0 Å². The normalized spacial score (nSPS) is 23.9. The number of hydrogen-bond acceptors (Lipinski definition) is 3. The number of aryl methyl sites for hydroxylation is 2. The average molecular weight is 289 g/mol. The molecule has 0 unspecified atom stereocenters. The van der Waals surface area contributed by atoms with Crippen molar-refractivity contribution in [1.82, 2.24) is 0 Å². The largest absolute Gasteiger partial charge is 0.370 e. The van der Waals surface area contributed by atoms with Gasteiger partial charge in [-0.05, 0) is 37.1 Å². The van der Waals surface area contributed by atoms with Gasteiger partial charge >= 0.3 is 0 Å². The Kier molecular flexibility index (Phi) is 3.78. The molecule has 0 spiro atoms. The summed E-state index contributed by atoms with van der Waals surface area (Å²) in [7, 11) is 0. The fourth-order valence-electron chi connectivity index (χ4n) is 3.07. The smallest absolute Gasteiger partial charge is 0.292 e. The summed E-state index contributed by atoms with van der Waals surface area (Å²) in [5, 5.41) is 0. The molecule has 1 atom stereocenters. The molecule has 1 N–H and O–H groups in total. The molecule has 2 fully saturated rings. The van der Waals surface area contributed by atoms with E-state index in [-0.39, 0.29) is 17.9 Å². The number of amides is 2. The Balaban J connectivity index is 1.84. The van der Waals surface area contributed by atoms with E-state index in [4.69, 9.17) is 4.74 Å². The summed E-state index contributed by atoms with van der Waals surface area (Å²) < 4.78 is 5.33. The van der Waals surface area contributed by atoms with Crippen molar-refractivity contribution in [2.24, 2.45) is 0 Å². The van der Waals surface area contributed by atoms with Crippen molar-refractivity contribution in [3.63, 3.8) is 0 Å². The van der Waals surface area contributed by atoms with Gasteiger partial charge in [-0.15, -0.1) is 0 Å². The first kappa shape index (κ1) is 14.2. The van der Waals surface area contributed by atoms with Crippen LogP contribution in [-0.2, 0) is 14.3 Å². The minimum Gasteiger partial charge on any atom is -0.370 e. The highest BCUT2D eigenvalue weighted by molar-refractivity contribution is 6.21. The predicted octanol–water partition coefficient (Wildman–Crippen LogP) is -0.150. The van der Waals surface area contributed by atoms with Gasteiger partial charge in [-0.1, -0.05) is 6.07 Å². The lowest BCUT2D eigenvalue weighted by Crippen LogP contribution is -3.18. The second-order valence-electron chi connectivity index (χ2n) is 5.86. The van der Waals surface area contributed by atoms with E-state index >= 15 is 0 Å². The van der Waals surface area contributed by atoms with Gasteiger partial charge in [-0.2, -0.15) is 0 Å². The lowest BCUT2D eigenvalue weighted by atomic mass is 10.1. The Morgan fingerprint density at radius 2 is 1.86 bits per heavy atom. The molecule has 0 bridgehead atoms. The monoisotopic (exact) mass is 289 g/mol. The van der Waals surface area contributed by atoms with Gasteiger partial charge in [-0.25, -0.2) is 4.90 Å². The third kappa shape index (κ3) is 2.59. The predicted molar refractivity (Wildman–Crippen MR) is 78.3 cm³/mol. The second-order valence-corrected chi connectivity index (χ2v) is 5.86. The van der Waals surface area contributed by atoms with E-state index in [1.807, 2.05) is 32.0 Å². The zero-order valence-electron chi connectivity index (χ0n) is 12.5. The molecular weight excluding hydrogens is 268 g/mol. The minimum absolute atomic E-state index is 0.0693. The van der Waals surface area contributed by atoms with Gasteiger partial charge in [-0.3, -0.25) is 9.59 Å². The topological polar surface area (TPSA) is 51.1 Å². The van der Waals surface area contributed by atoms with Crippen LogP contribution in [0.3, 0.4) is 0 Å². The van der Waals surface area contributed by atoms with Crippen LogP contribution in [0.15, 0.2) is 18.2 Å². The summed E-state index contributed by atoms with van der Waals surface area (Å²) in [5.74, 6) is -0.160. The number of rotatable bonds is 2. The molecule has 1 aromatic rings. The molecule has 0 aliphatic carbocycles. The highest BCUT2D eigenvalue weighted by Crippen LogP contribution is 2.24. The molecule has 2 aliphatic rings. The van der Waals surface area contributed by atoms with E-state index in [0.717, 1.165) is 24.2 Å². The first-order valence-corrected chi connectivity index (χ1v) is 7.44. The third-order valence-corrected chi connectivity index (χ3v) is 4.52. The Morgan fingerprint density at radius 3 is 2.52 bits per heavy atom. The first-order chi connectivity index (χ1) is 10.1. The molecule has 5 nitrogen and oxygen atoms in total. The van der Waals surface area contributed by atoms with Crippen molar-refractivity contribution in [2.75, 3.05) is 31.2 Å². The molecular formula is C16H21N2O3+. The van der Waals surface area contributed by atoms with Crippen molar-refractivity contribution >= 4 is 17.5 Å². The maximum atomic E-state index is 12.7. The van der Waals surface area contributed by atoms with E-state index in [1.165, 1.54) is 9.80 Å². The molecule has 0 aromatic heterocycles. The van der Waals surface area contributed by atoms with Crippen LogP contribution in [0.4, 0.5) is 5.69 Å². The number of ether oxygens (including phenoxy) is 1. The summed E-state index contributed by atoms with van der Waals surface area (Å²) in [6, 6.07) is 5.49. The Bertz CT molecular complexity index is 579. The van der Waals surface area contributed by atoms with Gasteiger partial charge < -0.3 is 9.64 Å². The molecule has 2 amide bonds. The highest BCUT2D eigenvalue weighted by Gasteiger charge is 2.46. The number of quaternary nitrogens is 1. The summed E-state index contributed by atoms with van der Waals surface area (Å²) in [6.45, 7) is 6.94. The number of nitrogens with one attached hydrogen (secondary N) is 1. The molecule has 2 heterocycles. The van der Waals surface area contributed by atoms with Gasteiger partial charge in [0, 0.05) is 0 Å². The average Bonchev–Trinajstić information content (AvgIpc) is 2.78. The third-order valence-electron chi connectivity index (χ3n) is 4.52. The molecule has 5 heteroatoms. The molecule has 2 saturated heterocycles. The molecule has 21 heavy (non-hydrogen) atoms. The van der Waals surface area contributed by atoms with Crippen LogP contribution in [-0.4, -0.2) is 44.2 Å². The summed E-state index contributed by atoms with van der Waals surface area (Å²) >= 11 is 0. The number of imide groups is 1. The Labute approximate surface area is 124 Å². The molecule has 3 rings (SSSR count). The summed E-state index contributed by atoms with van der Waals surface area (Å²) in [4.78, 5) is 27.5. The molecule has 0 saturated carbocycles. The van der Waals surface area contributed by atoms with Crippen molar-refractivity contribution in [1.29, 1.82) is 0 Å². The summed E-state index contributed by atoms with van der Waals surface area (Å²) in [6.07, 6.45) is 0.307. The van der Waals surface area contributed by atoms with Crippen LogP contribution in [0.1, 0.15) is 17.5 Å². The van der Waals surface area contributed by atoms with Crippen molar-refractivity contribution < 1.29 is 19.2 Å². The van der Waals surface area contributed by atoms with Gasteiger partial charge in [0.2, 0.25) is 5.91 Å². The van der Waals surface area contributed by atoms with Crippen LogP contribution in [0.5, 0.6) is 0 Å². The number of carbonyl (C=O) groups excluding carboxylic acids is 2. The van der Waals surface area contributed by atoms with Crippen molar-refractivity contribution in [3.05, 3.63) is 29.3 Å². The van der Waals surface area contributed by atoms with E-state index in [0.29, 0.717) is 25.3 Å². The molecule has 0 radical (unpaired) electrons. The van der Waals surface area contributed by atoms with Gasteiger partial charge in [0.25, 0.3) is 5.91 Å². The zero-order valence-corrected chi connectivity index (χ0v) is 12.5. The number of morpholine rings is 1. The quantitative estimate of drug-likeness (QED) is 0.771. The van der Waals surface area contributed by atoms with Crippen LogP contribution in [0, 0.1) is 13.8 Å². The first-order valence-electron chi connectivity index (χ1n) is 7.44. The number of anilines is 1. The van der Waals surface area contributed by atoms with Crippen molar-refractivity contribution in [2.45, 2.75) is 26.3 Å². The van der Waals surface area contributed by atoms with E-state index in [2.05, 4.69) is 0 Å².